The number of nitrogens with two attached hydrogens (primary N) is 1. The molecule has 1 fully saturated rings. The first-order chi connectivity index (χ1) is 8.24. The molecule has 1 aromatic heterocycles. The predicted molar refractivity (Wildman–Crippen MR) is 68.2 cm³/mol. The van der Waals surface area contributed by atoms with Crippen LogP contribution < -0.4 is 10.6 Å². The maximum Gasteiger partial charge on any atom is 0.135 e. The Morgan fingerprint density at radius 3 is 2.82 bits per heavy atom. The van der Waals surface area contributed by atoms with Crippen LogP contribution in [0.2, 0.25) is 0 Å². The van der Waals surface area contributed by atoms with Gasteiger partial charge in [0.25, 0.3) is 0 Å². The quantitative estimate of drug-likeness (QED) is 0.790. The molecule has 2 aliphatic rings. The first-order valence-electron chi connectivity index (χ1n) is 6.61. The fraction of sp³-hybridized carbons (Fsp3) is 0.692. The normalized spacial score (nSPS) is 23.9. The number of anilines is 1. The summed E-state index contributed by atoms with van der Waals surface area (Å²) in [4.78, 5) is 11.6. The lowest BCUT2D eigenvalue weighted by Crippen LogP contribution is -2.29. The zero-order chi connectivity index (χ0) is 11.8. The largest absolute Gasteiger partial charge is 0.355 e. The van der Waals surface area contributed by atoms with Crippen LogP contribution in [0.5, 0.6) is 0 Å². The van der Waals surface area contributed by atoms with Gasteiger partial charge in [0.2, 0.25) is 0 Å². The Bertz CT molecular complexity index is 430. The number of aromatic nitrogens is 2. The molecule has 3 rings (SSSR count). The van der Waals surface area contributed by atoms with E-state index < -0.39 is 0 Å². The molecule has 2 N–H and O–H groups in total. The molecule has 1 atom stereocenters. The van der Waals surface area contributed by atoms with E-state index in [4.69, 9.17) is 5.73 Å². The molecule has 2 heterocycles. The van der Waals surface area contributed by atoms with Gasteiger partial charge in [-0.3, -0.25) is 0 Å². The number of rotatable bonds is 1. The van der Waals surface area contributed by atoms with Crippen molar-refractivity contribution in [2.75, 3.05) is 18.0 Å². The van der Waals surface area contributed by atoms with E-state index in [0.717, 1.165) is 38.2 Å². The Morgan fingerprint density at radius 1 is 1.24 bits per heavy atom. The first kappa shape index (κ1) is 11.0. The Balaban J connectivity index is 2.00. The summed E-state index contributed by atoms with van der Waals surface area (Å²) < 4.78 is 0. The molecule has 17 heavy (non-hydrogen) atoms. The van der Waals surface area contributed by atoms with Crippen LogP contribution in [0.25, 0.3) is 0 Å². The van der Waals surface area contributed by atoms with Gasteiger partial charge in [0.05, 0.1) is 0 Å². The molecule has 0 spiro atoms. The molecule has 0 amide bonds. The first-order valence-corrected chi connectivity index (χ1v) is 6.61. The van der Waals surface area contributed by atoms with E-state index in [1.807, 2.05) is 6.92 Å². The summed E-state index contributed by atoms with van der Waals surface area (Å²) in [5.74, 6) is 2.07. The van der Waals surface area contributed by atoms with Crippen molar-refractivity contribution in [3.8, 4) is 0 Å². The van der Waals surface area contributed by atoms with Gasteiger partial charge < -0.3 is 10.6 Å². The van der Waals surface area contributed by atoms with Crippen LogP contribution in [0.15, 0.2) is 0 Å². The number of fused-ring (bicyclic) bond motifs is 1. The number of nitrogens with zero attached hydrogens (tertiary/aromatic N) is 3. The third-order valence-electron chi connectivity index (χ3n) is 3.80. The van der Waals surface area contributed by atoms with Crippen LogP contribution in [0.1, 0.15) is 36.3 Å². The monoisotopic (exact) mass is 232 g/mol. The lowest BCUT2D eigenvalue weighted by atomic mass is 9.96. The Morgan fingerprint density at radius 2 is 2.06 bits per heavy atom. The van der Waals surface area contributed by atoms with E-state index in [-0.39, 0.29) is 0 Å². The summed E-state index contributed by atoms with van der Waals surface area (Å²) in [6.45, 7) is 3.99. The number of hydrogen-bond acceptors (Lipinski definition) is 4. The second kappa shape index (κ2) is 4.26. The molecule has 4 heteroatoms. The van der Waals surface area contributed by atoms with Crippen molar-refractivity contribution >= 4 is 5.82 Å². The number of hydrogen-bond donors (Lipinski definition) is 1. The van der Waals surface area contributed by atoms with Gasteiger partial charge in [0, 0.05) is 30.4 Å². The summed E-state index contributed by atoms with van der Waals surface area (Å²) >= 11 is 0. The SMILES string of the molecule is Cc1nc2c(c(N3CC[C@@H](N)C3)n1)CCCC2. The molecular formula is C13H20N4. The standard InChI is InChI=1S/C13H20N4/c1-9-15-12-5-3-2-4-11(12)13(16-9)17-7-6-10(14)8-17/h10H,2-8,14H2,1H3/t10-/m1/s1. The van der Waals surface area contributed by atoms with E-state index >= 15 is 0 Å². The summed E-state index contributed by atoms with van der Waals surface area (Å²) in [7, 11) is 0. The molecule has 1 aliphatic heterocycles. The van der Waals surface area contributed by atoms with Crippen molar-refractivity contribution in [1.29, 1.82) is 0 Å². The van der Waals surface area contributed by atoms with Gasteiger partial charge in [-0.1, -0.05) is 0 Å². The average Bonchev–Trinajstić information content (AvgIpc) is 2.74. The highest BCUT2D eigenvalue weighted by atomic mass is 15.2. The second-order valence-electron chi connectivity index (χ2n) is 5.22. The number of aryl methyl sites for hydroxylation is 2. The molecule has 4 nitrogen and oxygen atoms in total. The lowest BCUT2D eigenvalue weighted by molar-refractivity contribution is 0.653. The molecule has 0 aromatic carbocycles. The van der Waals surface area contributed by atoms with Crippen LogP contribution in [0.3, 0.4) is 0 Å². The minimum atomic E-state index is 0.310. The summed E-state index contributed by atoms with van der Waals surface area (Å²) in [5, 5.41) is 0. The minimum absolute atomic E-state index is 0.310. The van der Waals surface area contributed by atoms with Crippen molar-refractivity contribution in [3.63, 3.8) is 0 Å². The van der Waals surface area contributed by atoms with E-state index in [1.54, 1.807) is 0 Å². The third-order valence-corrected chi connectivity index (χ3v) is 3.80. The van der Waals surface area contributed by atoms with Crippen LogP contribution in [0, 0.1) is 6.92 Å². The highest BCUT2D eigenvalue weighted by molar-refractivity contribution is 5.51. The molecular weight excluding hydrogens is 212 g/mol. The molecule has 1 saturated heterocycles. The Kier molecular flexibility index (Phi) is 2.74. The van der Waals surface area contributed by atoms with Gasteiger partial charge in [-0.2, -0.15) is 0 Å². The highest BCUT2D eigenvalue weighted by Crippen LogP contribution is 2.29. The predicted octanol–water partition coefficient (Wildman–Crippen LogP) is 1.20. The van der Waals surface area contributed by atoms with Crippen LogP contribution in [0.4, 0.5) is 5.82 Å². The van der Waals surface area contributed by atoms with Crippen molar-refractivity contribution in [2.24, 2.45) is 5.73 Å². The molecule has 0 saturated carbocycles. The molecule has 1 aliphatic carbocycles. The summed E-state index contributed by atoms with van der Waals surface area (Å²) in [6.07, 6.45) is 5.87. The minimum Gasteiger partial charge on any atom is -0.355 e. The van der Waals surface area contributed by atoms with Gasteiger partial charge in [-0.25, -0.2) is 9.97 Å². The van der Waals surface area contributed by atoms with Gasteiger partial charge in [-0.15, -0.1) is 0 Å². The zero-order valence-corrected chi connectivity index (χ0v) is 10.4. The molecule has 0 bridgehead atoms. The molecule has 1 aromatic rings. The van der Waals surface area contributed by atoms with Gasteiger partial charge in [0.1, 0.15) is 11.6 Å². The van der Waals surface area contributed by atoms with Crippen LogP contribution >= 0.6 is 0 Å². The van der Waals surface area contributed by atoms with Crippen molar-refractivity contribution < 1.29 is 0 Å². The zero-order valence-electron chi connectivity index (χ0n) is 10.4. The molecule has 0 unspecified atom stereocenters. The fourth-order valence-electron chi connectivity index (χ4n) is 2.94. The van der Waals surface area contributed by atoms with Crippen molar-refractivity contribution in [2.45, 2.75) is 45.1 Å². The Hall–Kier alpha value is -1.16. The van der Waals surface area contributed by atoms with Crippen LogP contribution in [-0.2, 0) is 12.8 Å². The van der Waals surface area contributed by atoms with E-state index in [0.29, 0.717) is 6.04 Å². The molecule has 0 radical (unpaired) electrons. The van der Waals surface area contributed by atoms with Crippen molar-refractivity contribution in [3.05, 3.63) is 17.1 Å². The van der Waals surface area contributed by atoms with Gasteiger partial charge >= 0.3 is 0 Å². The van der Waals surface area contributed by atoms with E-state index in [1.165, 1.54) is 29.9 Å². The third kappa shape index (κ3) is 2.02. The summed E-state index contributed by atoms with van der Waals surface area (Å²) in [5.41, 5.74) is 8.65. The summed E-state index contributed by atoms with van der Waals surface area (Å²) in [6, 6.07) is 0.310. The van der Waals surface area contributed by atoms with E-state index in [9.17, 15) is 0 Å². The van der Waals surface area contributed by atoms with Gasteiger partial charge in [0.15, 0.2) is 0 Å². The second-order valence-corrected chi connectivity index (χ2v) is 5.22. The van der Waals surface area contributed by atoms with Crippen molar-refractivity contribution in [1.82, 2.24) is 9.97 Å². The maximum atomic E-state index is 5.99. The van der Waals surface area contributed by atoms with Gasteiger partial charge in [-0.05, 0) is 39.0 Å². The lowest BCUT2D eigenvalue weighted by Gasteiger charge is -2.24. The topological polar surface area (TPSA) is 55.0 Å². The average molecular weight is 232 g/mol. The maximum absolute atomic E-state index is 5.99. The fourth-order valence-corrected chi connectivity index (χ4v) is 2.94. The Labute approximate surface area is 102 Å². The van der Waals surface area contributed by atoms with Crippen LogP contribution in [-0.4, -0.2) is 29.1 Å². The van der Waals surface area contributed by atoms with E-state index in [2.05, 4.69) is 14.9 Å². The smallest absolute Gasteiger partial charge is 0.135 e. The highest BCUT2D eigenvalue weighted by Gasteiger charge is 2.25. The molecule has 92 valence electrons.